The summed E-state index contributed by atoms with van der Waals surface area (Å²) >= 11 is 3.32. The van der Waals surface area contributed by atoms with Gasteiger partial charge in [0.05, 0.1) is 13.7 Å². The van der Waals surface area contributed by atoms with Crippen LogP contribution in [-0.2, 0) is 9.59 Å². The highest BCUT2D eigenvalue weighted by Gasteiger charge is 2.09. The molecule has 0 aromatic heterocycles. The Morgan fingerprint density at radius 1 is 1.04 bits per heavy atom. The molecule has 6 nitrogen and oxygen atoms in total. The third-order valence-corrected chi connectivity index (χ3v) is 3.48. The molecule has 0 saturated carbocycles. The van der Waals surface area contributed by atoms with Crippen molar-refractivity contribution >= 4 is 33.4 Å². The fourth-order valence-electron chi connectivity index (χ4n) is 1.88. The standard InChI is InChI=1S/C17H17BrN2O4/c1-23-14-7-2-3-8-15(14)24-11-17(22)19-10-16(21)20-13-6-4-5-12(18)9-13/h2-9H,10-11H2,1H3,(H,19,22)(H,20,21). The highest BCUT2D eigenvalue weighted by Crippen LogP contribution is 2.25. The van der Waals surface area contributed by atoms with Crippen molar-refractivity contribution in [3.8, 4) is 11.5 Å². The lowest BCUT2D eigenvalue weighted by Crippen LogP contribution is -2.35. The Hall–Kier alpha value is -2.54. The number of rotatable bonds is 7. The highest BCUT2D eigenvalue weighted by molar-refractivity contribution is 9.10. The lowest BCUT2D eigenvalue weighted by atomic mass is 10.3. The lowest BCUT2D eigenvalue weighted by Gasteiger charge is -2.10. The zero-order valence-corrected chi connectivity index (χ0v) is 14.6. The third-order valence-electron chi connectivity index (χ3n) is 2.98. The van der Waals surface area contributed by atoms with Crippen molar-refractivity contribution in [2.24, 2.45) is 0 Å². The zero-order chi connectivity index (χ0) is 17.4. The van der Waals surface area contributed by atoms with Crippen LogP contribution in [0.2, 0.25) is 0 Å². The number of hydrogen-bond acceptors (Lipinski definition) is 4. The first kappa shape index (κ1) is 17.8. The van der Waals surface area contributed by atoms with Gasteiger partial charge in [-0.1, -0.05) is 34.1 Å². The van der Waals surface area contributed by atoms with E-state index in [-0.39, 0.29) is 19.1 Å². The molecule has 0 saturated heterocycles. The van der Waals surface area contributed by atoms with Gasteiger partial charge in [-0.05, 0) is 30.3 Å². The Kier molecular flexibility index (Phi) is 6.62. The number of amides is 2. The molecule has 2 aromatic rings. The van der Waals surface area contributed by atoms with Crippen LogP contribution in [0.1, 0.15) is 0 Å². The number of hydrogen-bond donors (Lipinski definition) is 2. The molecule has 0 bridgehead atoms. The molecule has 0 fully saturated rings. The van der Waals surface area contributed by atoms with Crippen LogP contribution in [0.15, 0.2) is 53.0 Å². The second-order valence-corrected chi connectivity index (χ2v) is 5.69. The number of anilines is 1. The molecular weight excluding hydrogens is 376 g/mol. The normalized spacial score (nSPS) is 9.92. The van der Waals surface area contributed by atoms with Crippen LogP contribution in [0, 0.1) is 0 Å². The lowest BCUT2D eigenvalue weighted by molar-refractivity contribution is -0.125. The average molecular weight is 393 g/mol. The molecule has 2 aromatic carbocycles. The first-order valence-corrected chi connectivity index (χ1v) is 7.95. The van der Waals surface area contributed by atoms with Crippen LogP contribution < -0.4 is 20.1 Å². The largest absolute Gasteiger partial charge is 0.493 e. The number of nitrogens with one attached hydrogen (secondary N) is 2. The number of para-hydroxylation sites is 2. The fourth-order valence-corrected chi connectivity index (χ4v) is 2.28. The quantitative estimate of drug-likeness (QED) is 0.758. The van der Waals surface area contributed by atoms with Gasteiger partial charge in [-0.25, -0.2) is 0 Å². The van der Waals surface area contributed by atoms with Crippen molar-refractivity contribution < 1.29 is 19.1 Å². The van der Waals surface area contributed by atoms with E-state index in [0.717, 1.165) is 4.47 Å². The van der Waals surface area contributed by atoms with Gasteiger partial charge in [0, 0.05) is 10.2 Å². The average Bonchev–Trinajstić information content (AvgIpc) is 2.58. The second-order valence-electron chi connectivity index (χ2n) is 4.77. The monoisotopic (exact) mass is 392 g/mol. The molecule has 0 aliphatic carbocycles. The summed E-state index contributed by atoms with van der Waals surface area (Å²) in [6.45, 7) is -0.342. The van der Waals surface area contributed by atoms with Gasteiger partial charge in [-0.3, -0.25) is 9.59 Å². The molecule has 24 heavy (non-hydrogen) atoms. The number of methoxy groups -OCH3 is 1. The van der Waals surface area contributed by atoms with E-state index in [1.54, 1.807) is 42.5 Å². The molecule has 0 atom stereocenters. The minimum Gasteiger partial charge on any atom is -0.493 e. The second kappa shape index (κ2) is 8.93. The van der Waals surface area contributed by atoms with Gasteiger partial charge in [-0.2, -0.15) is 0 Å². The molecule has 0 radical (unpaired) electrons. The summed E-state index contributed by atoms with van der Waals surface area (Å²) < 4.78 is 11.4. The van der Waals surface area contributed by atoms with Crippen LogP contribution >= 0.6 is 15.9 Å². The van der Waals surface area contributed by atoms with Crippen LogP contribution in [0.5, 0.6) is 11.5 Å². The Morgan fingerprint density at radius 3 is 2.50 bits per heavy atom. The number of carbonyl (C=O) groups is 2. The molecule has 7 heteroatoms. The van der Waals surface area contributed by atoms with Gasteiger partial charge in [0.15, 0.2) is 18.1 Å². The van der Waals surface area contributed by atoms with Crippen molar-refractivity contribution in [3.05, 3.63) is 53.0 Å². The Bertz CT molecular complexity index is 721. The predicted molar refractivity (Wildman–Crippen MR) is 94.3 cm³/mol. The van der Waals surface area contributed by atoms with Crippen molar-refractivity contribution in [1.29, 1.82) is 0 Å². The maximum Gasteiger partial charge on any atom is 0.258 e. The molecule has 0 unspecified atom stereocenters. The molecule has 0 spiro atoms. The van der Waals surface area contributed by atoms with Crippen LogP contribution in [-0.4, -0.2) is 32.1 Å². The first-order valence-electron chi connectivity index (χ1n) is 7.16. The van der Waals surface area contributed by atoms with E-state index in [2.05, 4.69) is 26.6 Å². The van der Waals surface area contributed by atoms with Crippen LogP contribution in [0.25, 0.3) is 0 Å². The molecule has 0 heterocycles. The summed E-state index contributed by atoms with van der Waals surface area (Å²) in [6.07, 6.45) is 0. The zero-order valence-electron chi connectivity index (χ0n) is 13.0. The Balaban J connectivity index is 1.75. The van der Waals surface area contributed by atoms with Gasteiger partial charge in [0.25, 0.3) is 5.91 Å². The van der Waals surface area contributed by atoms with Crippen LogP contribution in [0.4, 0.5) is 5.69 Å². The molecule has 2 rings (SSSR count). The minimum absolute atomic E-state index is 0.138. The predicted octanol–water partition coefficient (Wildman–Crippen LogP) is 2.59. The van der Waals surface area contributed by atoms with Gasteiger partial charge in [-0.15, -0.1) is 0 Å². The van der Waals surface area contributed by atoms with E-state index in [1.165, 1.54) is 7.11 Å². The number of carbonyl (C=O) groups excluding carboxylic acids is 2. The number of benzene rings is 2. The number of halogens is 1. The van der Waals surface area contributed by atoms with E-state index < -0.39 is 5.91 Å². The van der Waals surface area contributed by atoms with Crippen molar-refractivity contribution in [2.75, 3.05) is 25.6 Å². The van der Waals surface area contributed by atoms with E-state index in [0.29, 0.717) is 17.2 Å². The molecule has 2 amide bonds. The van der Waals surface area contributed by atoms with Gasteiger partial charge >= 0.3 is 0 Å². The SMILES string of the molecule is COc1ccccc1OCC(=O)NCC(=O)Nc1cccc(Br)c1. The summed E-state index contributed by atoms with van der Waals surface area (Å²) in [5, 5.41) is 5.18. The Labute approximate surface area is 148 Å². The van der Waals surface area contributed by atoms with E-state index in [4.69, 9.17) is 9.47 Å². The van der Waals surface area contributed by atoms with Crippen molar-refractivity contribution in [1.82, 2.24) is 5.32 Å². The van der Waals surface area contributed by atoms with Crippen molar-refractivity contribution in [3.63, 3.8) is 0 Å². The first-order chi connectivity index (χ1) is 11.6. The summed E-state index contributed by atoms with van der Waals surface area (Å²) in [5.41, 5.74) is 0.647. The molecule has 2 N–H and O–H groups in total. The van der Waals surface area contributed by atoms with Crippen molar-refractivity contribution in [2.45, 2.75) is 0 Å². The van der Waals surface area contributed by atoms with Crippen LogP contribution in [0.3, 0.4) is 0 Å². The van der Waals surface area contributed by atoms with Gasteiger partial charge < -0.3 is 20.1 Å². The smallest absolute Gasteiger partial charge is 0.258 e. The highest BCUT2D eigenvalue weighted by atomic mass is 79.9. The molecule has 126 valence electrons. The Morgan fingerprint density at radius 2 is 1.79 bits per heavy atom. The van der Waals surface area contributed by atoms with E-state index in [9.17, 15) is 9.59 Å². The van der Waals surface area contributed by atoms with Gasteiger partial charge in [0.1, 0.15) is 0 Å². The van der Waals surface area contributed by atoms with E-state index in [1.807, 2.05) is 6.07 Å². The molecule has 0 aliphatic rings. The third kappa shape index (κ3) is 5.58. The maximum absolute atomic E-state index is 11.8. The topological polar surface area (TPSA) is 76.7 Å². The maximum atomic E-state index is 11.8. The molecule has 0 aliphatic heterocycles. The minimum atomic E-state index is -0.398. The number of ether oxygens (including phenoxy) is 2. The fraction of sp³-hybridized carbons (Fsp3) is 0.176. The summed E-state index contributed by atoms with van der Waals surface area (Å²) in [6, 6.07) is 14.2. The van der Waals surface area contributed by atoms with Gasteiger partial charge in [0.2, 0.25) is 5.91 Å². The summed E-state index contributed by atoms with van der Waals surface area (Å²) in [4.78, 5) is 23.6. The summed E-state index contributed by atoms with van der Waals surface area (Å²) in [7, 11) is 1.52. The summed E-state index contributed by atoms with van der Waals surface area (Å²) in [5.74, 6) is 0.287. The molecular formula is C17H17BrN2O4. The van der Waals surface area contributed by atoms with E-state index >= 15 is 0 Å².